The smallest absolute Gasteiger partial charge is 0.257 e. The number of alkyl halides is 2. The summed E-state index contributed by atoms with van der Waals surface area (Å²) in [6, 6.07) is 7.48. The van der Waals surface area contributed by atoms with E-state index in [1.165, 1.54) is 17.2 Å². The predicted octanol–water partition coefficient (Wildman–Crippen LogP) is 3.14. The Kier molecular flexibility index (Phi) is 3.47. The zero-order chi connectivity index (χ0) is 14.8. The van der Waals surface area contributed by atoms with Gasteiger partial charge in [0.15, 0.2) is 5.82 Å². The standard InChI is InChI=1S/C14H13F2N5/c1-9-2-3-11-10(6-9)14(18-8-17-11)19-13-4-5-21(20-13)7-12(15)16/h2-6,8,12H,7H2,1H3,(H,17,18,19,20). The number of rotatable bonds is 4. The molecule has 0 saturated heterocycles. The minimum Gasteiger partial charge on any atom is -0.323 e. The van der Waals surface area contributed by atoms with Crippen LogP contribution in [0.4, 0.5) is 20.4 Å². The highest BCUT2D eigenvalue weighted by molar-refractivity contribution is 5.90. The monoisotopic (exact) mass is 289 g/mol. The van der Waals surface area contributed by atoms with Gasteiger partial charge in [0.25, 0.3) is 6.43 Å². The van der Waals surface area contributed by atoms with E-state index in [2.05, 4.69) is 20.4 Å². The van der Waals surface area contributed by atoms with Crippen LogP contribution < -0.4 is 5.32 Å². The first-order valence-corrected chi connectivity index (χ1v) is 6.42. The Hall–Kier alpha value is -2.57. The second-order valence-corrected chi connectivity index (χ2v) is 4.68. The maximum Gasteiger partial charge on any atom is 0.257 e. The van der Waals surface area contributed by atoms with E-state index in [1.54, 1.807) is 6.07 Å². The van der Waals surface area contributed by atoms with E-state index in [0.717, 1.165) is 16.5 Å². The topological polar surface area (TPSA) is 55.6 Å². The summed E-state index contributed by atoms with van der Waals surface area (Å²) in [6.45, 7) is 1.55. The number of anilines is 2. The van der Waals surface area contributed by atoms with Crippen molar-refractivity contribution in [1.29, 1.82) is 0 Å². The van der Waals surface area contributed by atoms with Crippen LogP contribution in [0.3, 0.4) is 0 Å². The maximum atomic E-state index is 12.3. The number of halogens is 2. The summed E-state index contributed by atoms with van der Waals surface area (Å²) in [5, 5.41) is 7.94. The third-order valence-corrected chi connectivity index (χ3v) is 3.00. The van der Waals surface area contributed by atoms with Gasteiger partial charge in [-0.1, -0.05) is 11.6 Å². The van der Waals surface area contributed by atoms with Gasteiger partial charge in [0.05, 0.1) is 5.52 Å². The largest absolute Gasteiger partial charge is 0.323 e. The van der Waals surface area contributed by atoms with E-state index < -0.39 is 13.0 Å². The molecule has 3 rings (SSSR count). The van der Waals surface area contributed by atoms with Gasteiger partial charge in [-0.2, -0.15) is 5.10 Å². The molecule has 0 saturated carbocycles. The number of nitrogens with one attached hydrogen (secondary N) is 1. The van der Waals surface area contributed by atoms with E-state index in [9.17, 15) is 8.78 Å². The van der Waals surface area contributed by atoms with E-state index in [1.807, 2.05) is 25.1 Å². The second-order valence-electron chi connectivity index (χ2n) is 4.68. The lowest BCUT2D eigenvalue weighted by Gasteiger charge is -2.06. The van der Waals surface area contributed by atoms with Crippen LogP contribution in [0.5, 0.6) is 0 Å². The highest BCUT2D eigenvalue weighted by Crippen LogP contribution is 2.23. The van der Waals surface area contributed by atoms with Crippen LogP contribution in [0.25, 0.3) is 10.9 Å². The Labute approximate surface area is 119 Å². The van der Waals surface area contributed by atoms with Crippen molar-refractivity contribution >= 4 is 22.5 Å². The number of hydrogen-bond donors (Lipinski definition) is 1. The van der Waals surface area contributed by atoms with Crippen LogP contribution in [0.1, 0.15) is 5.56 Å². The van der Waals surface area contributed by atoms with Crippen molar-refractivity contribution in [3.8, 4) is 0 Å². The van der Waals surface area contributed by atoms with E-state index in [0.29, 0.717) is 11.6 Å². The van der Waals surface area contributed by atoms with Crippen molar-refractivity contribution in [3.63, 3.8) is 0 Å². The second kappa shape index (κ2) is 5.43. The van der Waals surface area contributed by atoms with Gasteiger partial charge >= 0.3 is 0 Å². The van der Waals surface area contributed by atoms with Gasteiger partial charge in [-0.05, 0) is 19.1 Å². The molecule has 1 N–H and O–H groups in total. The van der Waals surface area contributed by atoms with Crippen molar-refractivity contribution in [1.82, 2.24) is 19.7 Å². The molecule has 0 spiro atoms. The van der Waals surface area contributed by atoms with Gasteiger partial charge in [0.2, 0.25) is 0 Å². The van der Waals surface area contributed by atoms with Crippen molar-refractivity contribution in [2.75, 3.05) is 5.32 Å². The van der Waals surface area contributed by atoms with E-state index in [-0.39, 0.29) is 0 Å². The molecular formula is C14H13F2N5. The molecular weight excluding hydrogens is 276 g/mol. The number of fused-ring (bicyclic) bond motifs is 1. The summed E-state index contributed by atoms with van der Waals surface area (Å²) >= 11 is 0. The van der Waals surface area contributed by atoms with Crippen molar-refractivity contribution < 1.29 is 8.78 Å². The fraction of sp³-hybridized carbons (Fsp3) is 0.214. The molecule has 0 radical (unpaired) electrons. The summed E-state index contributed by atoms with van der Waals surface area (Å²) in [5.41, 5.74) is 1.90. The lowest BCUT2D eigenvalue weighted by atomic mass is 10.1. The maximum absolute atomic E-state index is 12.3. The molecule has 0 amide bonds. The van der Waals surface area contributed by atoms with Crippen molar-refractivity contribution in [2.24, 2.45) is 0 Å². The van der Waals surface area contributed by atoms with Gasteiger partial charge in [-0.15, -0.1) is 0 Å². The number of aromatic nitrogens is 4. The minimum atomic E-state index is -2.43. The molecule has 2 aromatic heterocycles. The summed E-state index contributed by atoms with van der Waals surface area (Å²) in [4.78, 5) is 8.39. The molecule has 0 aliphatic carbocycles. The zero-order valence-electron chi connectivity index (χ0n) is 11.3. The summed E-state index contributed by atoms with van der Waals surface area (Å²) in [6.07, 6.45) is 0.527. The first-order valence-electron chi connectivity index (χ1n) is 6.42. The minimum absolute atomic E-state index is 0.425. The summed E-state index contributed by atoms with van der Waals surface area (Å²) in [5.74, 6) is 1.07. The molecule has 5 nitrogen and oxygen atoms in total. The quantitative estimate of drug-likeness (QED) is 0.801. The fourth-order valence-electron chi connectivity index (χ4n) is 2.06. The number of nitrogens with zero attached hydrogens (tertiary/aromatic N) is 4. The molecule has 2 heterocycles. The highest BCUT2D eigenvalue weighted by atomic mass is 19.3. The van der Waals surface area contributed by atoms with Crippen LogP contribution in [0, 0.1) is 6.92 Å². The fourth-order valence-corrected chi connectivity index (χ4v) is 2.06. The first-order chi connectivity index (χ1) is 10.1. The Morgan fingerprint density at radius 3 is 2.90 bits per heavy atom. The Morgan fingerprint density at radius 2 is 2.10 bits per heavy atom. The van der Waals surface area contributed by atoms with Gasteiger partial charge in [-0.25, -0.2) is 18.7 Å². The Morgan fingerprint density at radius 1 is 1.24 bits per heavy atom. The van der Waals surface area contributed by atoms with Gasteiger partial charge in [0.1, 0.15) is 18.7 Å². The molecule has 21 heavy (non-hydrogen) atoms. The molecule has 3 aromatic rings. The third-order valence-electron chi connectivity index (χ3n) is 3.00. The zero-order valence-corrected chi connectivity index (χ0v) is 11.3. The average Bonchev–Trinajstić information content (AvgIpc) is 2.86. The Bertz CT molecular complexity index is 769. The number of benzene rings is 1. The molecule has 0 aliphatic heterocycles. The van der Waals surface area contributed by atoms with Crippen molar-refractivity contribution in [2.45, 2.75) is 19.9 Å². The molecule has 1 aromatic carbocycles. The summed E-state index contributed by atoms with van der Waals surface area (Å²) < 4.78 is 25.8. The molecule has 0 unspecified atom stereocenters. The molecule has 108 valence electrons. The molecule has 7 heteroatoms. The molecule has 0 bridgehead atoms. The van der Waals surface area contributed by atoms with E-state index >= 15 is 0 Å². The number of aryl methyl sites for hydroxylation is 1. The highest BCUT2D eigenvalue weighted by Gasteiger charge is 2.08. The summed E-state index contributed by atoms with van der Waals surface area (Å²) in [7, 11) is 0. The van der Waals surface area contributed by atoms with Crippen molar-refractivity contribution in [3.05, 3.63) is 42.4 Å². The van der Waals surface area contributed by atoms with Gasteiger partial charge in [0, 0.05) is 17.6 Å². The molecule has 0 aliphatic rings. The molecule has 0 fully saturated rings. The van der Waals surface area contributed by atoms with Gasteiger partial charge in [-0.3, -0.25) is 4.68 Å². The average molecular weight is 289 g/mol. The van der Waals surface area contributed by atoms with Crippen LogP contribution in [0.2, 0.25) is 0 Å². The SMILES string of the molecule is Cc1ccc2ncnc(Nc3ccn(CC(F)F)n3)c2c1. The normalized spacial score (nSPS) is 11.2. The van der Waals surface area contributed by atoms with Crippen LogP contribution >= 0.6 is 0 Å². The van der Waals surface area contributed by atoms with Crippen LogP contribution in [-0.2, 0) is 6.54 Å². The van der Waals surface area contributed by atoms with Crippen LogP contribution in [0.15, 0.2) is 36.8 Å². The first kappa shape index (κ1) is 13.4. The van der Waals surface area contributed by atoms with Crippen LogP contribution in [-0.4, -0.2) is 26.2 Å². The van der Waals surface area contributed by atoms with E-state index in [4.69, 9.17) is 0 Å². The third kappa shape index (κ3) is 2.96. The lowest BCUT2D eigenvalue weighted by molar-refractivity contribution is 0.122. The predicted molar refractivity (Wildman–Crippen MR) is 75.8 cm³/mol. The Balaban J connectivity index is 1.91. The lowest BCUT2D eigenvalue weighted by Crippen LogP contribution is -2.07. The van der Waals surface area contributed by atoms with Gasteiger partial charge < -0.3 is 5.32 Å². The number of hydrogen-bond acceptors (Lipinski definition) is 4. The molecule has 0 atom stereocenters.